The van der Waals surface area contributed by atoms with E-state index in [-0.39, 0.29) is 18.7 Å². The van der Waals surface area contributed by atoms with E-state index in [1.54, 1.807) is 0 Å². The number of primary amides is 1. The molecule has 0 aromatic carbocycles. The lowest BCUT2D eigenvalue weighted by Gasteiger charge is -2.12. The Morgan fingerprint density at radius 2 is 1.52 bits per heavy atom. The number of aromatic nitrogens is 3. The lowest BCUT2D eigenvalue weighted by Crippen LogP contribution is -2.55. The zero-order valence-electron chi connectivity index (χ0n) is 16.9. The summed E-state index contributed by atoms with van der Waals surface area (Å²) in [4.78, 5) is 63.4. The molecule has 0 atom stereocenters. The number of fused-ring (bicyclic) bond motifs is 1. The number of allylic oxidation sites excluding steroid dienone is 2. The molecule has 2 heterocycles. The van der Waals surface area contributed by atoms with Crippen LogP contribution in [0, 0.1) is 0 Å². The molecule has 11 heteroatoms. The Kier molecular flexibility index (Phi) is 6.54. The molecule has 0 aliphatic heterocycles. The summed E-state index contributed by atoms with van der Waals surface area (Å²) in [5.74, 6) is -1.33. The van der Waals surface area contributed by atoms with Gasteiger partial charge in [-0.2, -0.15) is 0 Å². The van der Waals surface area contributed by atoms with Gasteiger partial charge in [0.05, 0.1) is 18.7 Å². The maximum absolute atomic E-state index is 12.7. The second-order valence-corrected chi connectivity index (χ2v) is 8.17. The number of aryl methyl sites for hydroxylation is 1. The van der Waals surface area contributed by atoms with E-state index in [0.717, 1.165) is 38.8 Å². The summed E-state index contributed by atoms with van der Waals surface area (Å²) in [6.07, 6.45) is 6.10. The third kappa shape index (κ3) is 4.22. The van der Waals surface area contributed by atoms with Crippen LogP contribution in [0.1, 0.15) is 33.6 Å². The summed E-state index contributed by atoms with van der Waals surface area (Å²) < 4.78 is 2.29. The molecule has 0 unspecified atom stereocenters. The predicted molar refractivity (Wildman–Crippen MR) is 118 cm³/mol. The van der Waals surface area contributed by atoms with Gasteiger partial charge in [0, 0.05) is 4.88 Å². The summed E-state index contributed by atoms with van der Waals surface area (Å²) in [5, 5.41) is 2.92. The van der Waals surface area contributed by atoms with Gasteiger partial charge < -0.3 is 11.1 Å². The molecule has 10 nitrogen and oxygen atoms in total. The zero-order valence-corrected chi connectivity index (χ0v) is 17.7. The van der Waals surface area contributed by atoms with Crippen molar-refractivity contribution in [2.75, 3.05) is 5.32 Å². The number of carbonyl (C=O) groups is 2. The minimum atomic E-state index is -0.925. The number of nitrogens with two attached hydrogens (primary N) is 1. The van der Waals surface area contributed by atoms with E-state index in [0.29, 0.717) is 16.0 Å². The third-order valence-electron chi connectivity index (χ3n) is 4.98. The Labute approximate surface area is 180 Å². The Balaban J connectivity index is 1.99. The summed E-state index contributed by atoms with van der Waals surface area (Å²) in [6, 6.07) is 0. The highest BCUT2D eigenvalue weighted by Gasteiger charge is 2.25. The molecule has 31 heavy (non-hydrogen) atoms. The SMILES string of the molecule is C=CCn1c(=O)n(CC=C)c(=O)n(CC(=O)Nc2sc3c(c2C(N)=O)CCCC3)c1=O. The predicted octanol–water partition coefficient (Wildman–Crippen LogP) is 0.222. The molecular formula is C20H23N5O5S. The molecule has 0 saturated carbocycles. The van der Waals surface area contributed by atoms with Crippen LogP contribution in [-0.4, -0.2) is 25.5 Å². The number of hydrogen-bond donors (Lipinski definition) is 2. The number of nitrogens with one attached hydrogen (secondary N) is 1. The van der Waals surface area contributed by atoms with Crippen LogP contribution in [0.5, 0.6) is 0 Å². The quantitative estimate of drug-likeness (QED) is 0.560. The van der Waals surface area contributed by atoms with Crippen LogP contribution >= 0.6 is 11.3 Å². The number of anilines is 1. The van der Waals surface area contributed by atoms with Crippen molar-refractivity contribution in [3.8, 4) is 0 Å². The summed E-state index contributed by atoms with van der Waals surface area (Å²) in [5.41, 5.74) is 4.00. The van der Waals surface area contributed by atoms with Crippen molar-refractivity contribution >= 4 is 28.2 Å². The first kappa shape index (κ1) is 22.2. The van der Waals surface area contributed by atoms with Gasteiger partial charge in [-0.1, -0.05) is 12.2 Å². The molecule has 1 aliphatic rings. The number of thiophene rings is 1. The van der Waals surface area contributed by atoms with Gasteiger partial charge in [0.2, 0.25) is 5.91 Å². The minimum absolute atomic E-state index is 0.125. The van der Waals surface area contributed by atoms with E-state index in [4.69, 9.17) is 5.73 Å². The molecule has 0 radical (unpaired) electrons. The monoisotopic (exact) mass is 445 g/mol. The summed E-state index contributed by atoms with van der Waals surface area (Å²) in [7, 11) is 0. The first-order valence-electron chi connectivity index (χ1n) is 9.70. The van der Waals surface area contributed by atoms with Crippen LogP contribution in [0.4, 0.5) is 5.00 Å². The topological polar surface area (TPSA) is 138 Å². The maximum atomic E-state index is 12.7. The van der Waals surface area contributed by atoms with Crippen LogP contribution < -0.4 is 28.1 Å². The van der Waals surface area contributed by atoms with E-state index >= 15 is 0 Å². The van der Waals surface area contributed by atoms with Crippen LogP contribution in [0.2, 0.25) is 0 Å². The second-order valence-electron chi connectivity index (χ2n) is 7.06. The number of carbonyl (C=O) groups excluding carboxylic acids is 2. The first-order chi connectivity index (χ1) is 14.8. The molecule has 2 aromatic heterocycles. The van der Waals surface area contributed by atoms with Crippen molar-refractivity contribution in [1.82, 2.24) is 13.7 Å². The van der Waals surface area contributed by atoms with Gasteiger partial charge in [-0.05, 0) is 31.2 Å². The lowest BCUT2D eigenvalue weighted by atomic mass is 9.95. The second kappa shape index (κ2) is 9.13. The number of amides is 2. The van der Waals surface area contributed by atoms with E-state index in [1.165, 1.54) is 23.5 Å². The number of nitrogens with zero attached hydrogens (tertiary/aromatic N) is 3. The third-order valence-corrected chi connectivity index (χ3v) is 6.19. The van der Waals surface area contributed by atoms with Crippen molar-refractivity contribution in [2.24, 2.45) is 5.73 Å². The van der Waals surface area contributed by atoms with Crippen molar-refractivity contribution in [3.63, 3.8) is 0 Å². The van der Waals surface area contributed by atoms with Crippen LogP contribution in [-0.2, 0) is 37.3 Å². The van der Waals surface area contributed by atoms with Crippen molar-refractivity contribution in [3.05, 3.63) is 72.8 Å². The molecule has 0 saturated heterocycles. The van der Waals surface area contributed by atoms with Crippen LogP contribution in [0.15, 0.2) is 39.7 Å². The van der Waals surface area contributed by atoms with E-state index in [1.807, 2.05) is 0 Å². The standard InChI is InChI=1S/C20H23N5O5S/c1-3-9-23-18(28)24(10-4-2)20(30)25(19(23)29)11-14(26)22-17-15(16(21)27)12-7-5-6-8-13(12)31-17/h3-4H,1-2,5-11H2,(H2,21,27)(H,22,26). The Bertz CT molecular complexity index is 1200. The van der Waals surface area contributed by atoms with Gasteiger partial charge in [-0.3, -0.25) is 9.59 Å². The van der Waals surface area contributed by atoms with Gasteiger partial charge in [-0.15, -0.1) is 24.5 Å². The minimum Gasteiger partial charge on any atom is -0.365 e. The number of hydrogen-bond acceptors (Lipinski definition) is 6. The average Bonchev–Trinajstić information content (AvgIpc) is 3.09. The van der Waals surface area contributed by atoms with Crippen LogP contribution in [0.25, 0.3) is 0 Å². The average molecular weight is 446 g/mol. The molecule has 164 valence electrons. The fraction of sp³-hybridized carbons (Fsp3) is 0.350. The molecule has 0 bridgehead atoms. The van der Waals surface area contributed by atoms with Crippen molar-refractivity contribution in [1.29, 1.82) is 0 Å². The molecular weight excluding hydrogens is 422 g/mol. The van der Waals surface area contributed by atoms with Crippen molar-refractivity contribution in [2.45, 2.75) is 45.3 Å². The first-order valence-corrected chi connectivity index (χ1v) is 10.5. The largest absolute Gasteiger partial charge is 0.365 e. The van der Waals surface area contributed by atoms with Gasteiger partial charge in [-0.25, -0.2) is 28.1 Å². The highest BCUT2D eigenvalue weighted by molar-refractivity contribution is 7.17. The van der Waals surface area contributed by atoms with E-state index < -0.39 is 35.4 Å². The Hall–Kier alpha value is -3.47. The van der Waals surface area contributed by atoms with E-state index in [9.17, 15) is 24.0 Å². The van der Waals surface area contributed by atoms with Crippen LogP contribution in [0.3, 0.4) is 0 Å². The fourth-order valence-corrected chi connectivity index (χ4v) is 4.92. The Morgan fingerprint density at radius 3 is 2.06 bits per heavy atom. The van der Waals surface area contributed by atoms with Crippen molar-refractivity contribution < 1.29 is 9.59 Å². The molecule has 3 rings (SSSR count). The van der Waals surface area contributed by atoms with Gasteiger partial charge >= 0.3 is 17.1 Å². The molecule has 0 spiro atoms. The smallest absolute Gasteiger partial charge is 0.337 e. The van der Waals surface area contributed by atoms with Gasteiger partial charge in [0.1, 0.15) is 11.5 Å². The molecule has 3 N–H and O–H groups in total. The lowest BCUT2D eigenvalue weighted by molar-refractivity contribution is -0.116. The highest BCUT2D eigenvalue weighted by atomic mass is 32.1. The molecule has 0 fully saturated rings. The summed E-state index contributed by atoms with van der Waals surface area (Å²) >= 11 is 1.28. The Morgan fingerprint density at radius 1 is 0.968 bits per heavy atom. The maximum Gasteiger partial charge on any atom is 0.337 e. The fourth-order valence-electron chi connectivity index (χ4n) is 3.61. The molecule has 1 aliphatic carbocycles. The summed E-state index contributed by atoms with van der Waals surface area (Å²) in [6.45, 7) is 6.13. The molecule has 2 amide bonds. The van der Waals surface area contributed by atoms with E-state index in [2.05, 4.69) is 18.5 Å². The normalized spacial score (nSPS) is 12.8. The molecule has 2 aromatic rings. The number of rotatable bonds is 8. The highest BCUT2D eigenvalue weighted by Crippen LogP contribution is 2.37. The van der Waals surface area contributed by atoms with Gasteiger partial charge in [0.25, 0.3) is 5.91 Å². The zero-order chi connectivity index (χ0) is 22.7. The van der Waals surface area contributed by atoms with Gasteiger partial charge in [0.15, 0.2) is 0 Å².